The predicted molar refractivity (Wildman–Crippen MR) is 90.1 cm³/mol. The molecule has 0 aliphatic rings. The van der Waals surface area contributed by atoms with E-state index in [0.29, 0.717) is 12.5 Å². The summed E-state index contributed by atoms with van der Waals surface area (Å²) in [5.41, 5.74) is 0.678. The van der Waals surface area contributed by atoms with Gasteiger partial charge in [0, 0.05) is 0 Å². The van der Waals surface area contributed by atoms with Crippen LogP contribution in [0.5, 0.6) is 0 Å². The van der Waals surface area contributed by atoms with Crippen molar-refractivity contribution in [3.63, 3.8) is 0 Å². The zero-order chi connectivity index (χ0) is 16.3. The van der Waals surface area contributed by atoms with Crippen LogP contribution in [0.25, 0.3) is 0 Å². The molecule has 0 fully saturated rings. The molecule has 21 heavy (non-hydrogen) atoms. The van der Waals surface area contributed by atoms with Crippen LogP contribution in [0.3, 0.4) is 0 Å². The van der Waals surface area contributed by atoms with Crippen molar-refractivity contribution in [1.29, 1.82) is 0 Å². The molecule has 120 valence electrons. The van der Waals surface area contributed by atoms with E-state index in [1.807, 2.05) is 51.1 Å². The molecule has 1 aromatic carbocycles. The number of hydrogen-bond donors (Lipinski definition) is 0. The molecular weight excluding hydrogens is 260 g/mol. The number of ether oxygens (including phenoxy) is 1. The van der Waals surface area contributed by atoms with Gasteiger partial charge in [0.2, 0.25) is 0 Å². The fourth-order valence-electron chi connectivity index (χ4n) is 2.41. The largest absolute Gasteiger partial charge is 0.460 e. The molecule has 2 nitrogen and oxygen atoms in total. The van der Waals surface area contributed by atoms with Crippen molar-refractivity contribution in [2.75, 3.05) is 0 Å². The Labute approximate surface area is 130 Å². The topological polar surface area (TPSA) is 26.3 Å². The van der Waals surface area contributed by atoms with Gasteiger partial charge in [0.25, 0.3) is 0 Å². The summed E-state index contributed by atoms with van der Waals surface area (Å²) < 4.78 is 5.53. The van der Waals surface area contributed by atoms with Crippen LogP contribution in [0.1, 0.15) is 66.4 Å². The zero-order valence-corrected chi connectivity index (χ0v) is 14.6. The van der Waals surface area contributed by atoms with Crippen LogP contribution in [0.2, 0.25) is 0 Å². The molecule has 0 amide bonds. The van der Waals surface area contributed by atoms with Crippen molar-refractivity contribution in [3.05, 3.63) is 35.9 Å². The molecule has 0 N–H and O–H groups in total. The minimum absolute atomic E-state index is 0.0625. The van der Waals surface area contributed by atoms with Gasteiger partial charge >= 0.3 is 5.97 Å². The third-order valence-corrected chi connectivity index (χ3v) is 4.15. The second kappa shape index (κ2) is 10.4. The number of benzene rings is 1. The number of rotatable bonds is 7. The van der Waals surface area contributed by atoms with E-state index < -0.39 is 0 Å². The molecule has 0 radical (unpaired) electrons. The maximum atomic E-state index is 12.4. The first kappa shape index (κ1) is 19.7. The molecule has 0 saturated heterocycles. The average Bonchev–Trinajstić information content (AvgIpc) is 2.54. The highest BCUT2D eigenvalue weighted by Gasteiger charge is 2.38. The van der Waals surface area contributed by atoms with Gasteiger partial charge in [-0.25, -0.2) is 0 Å². The van der Waals surface area contributed by atoms with Gasteiger partial charge in [-0.2, -0.15) is 0 Å². The Bertz CT molecular complexity index is 386. The standard InChI is InChI=1S/C17H26O2.C2H6/c1-5-12-17(4,14(3)6-2)16(18)19-13-15-10-8-7-9-11-15;1-2/h7-11,14H,5-6,12-13H2,1-4H3;1-2H3. The quantitative estimate of drug-likeness (QED) is 0.611. The van der Waals surface area contributed by atoms with E-state index >= 15 is 0 Å². The van der Waals surface area contributed by atoms with Gasteiger partial charge in [0.05, 0.1) is 5.41 Å². The molecular formula is C19H32O2. The van der Waals surface area contributed by atoms with Crippen molar-refractivity contribution >= 4 is 5.97 Å². The van der Waals surface area contributed by atoms with Crippen molar-refractivity contribution in [2.45, 2.75) is 67.4 Å². The minimum Gasteiger partial charge on any atom is -0.460 e. The van der Waals surface area contributed by atoms with Gasteiger partial charge in [-0.3, -0.25) is 4.79 Å². The lowest BCUT2D eigenvalue weighted by molar-refractivity contribution is -0.160. The smallest absolute Gasteiger partial charge is 0.312 e. The number of hydrogen-bond acceptors (Lipinski definition) is 2. The second-order valence-electron chi connectivity index (χ2n) is 5.54. The molecule has 2 heteroatoms. The summed E-state index contributed by atoms with van der Waals surface area (Å²) in [6.07, 6.45) is 2.88. The molecule has 0 saturated carbocycles. The van der Waals surface area contributed by atoms with Crippen LogP contribution in [0.4, 0.5) is 0 Å². The van der Waals surface area contributed by atoms with Crippen LogP contribution < -0.4 is 0 Å². The SMILES string of the molecule is CC.CCCC(C)(C(=O)OCc1ccccc1)C(C)CC. The van der Waals surface area contributed by atoms with Gasteiger partial charge < -0.3 is 4.74 Å². The Morgan fingerprint density at radius 2 is 1.76 bits per heavy atom. The van der Waals surface area contributed by atoms with Crippen LogP contribution >= 0.6 is 0 Å². The van der Waals surface area contributed by atoms with Crippen molar-refractivity contribution in [1.82, 2.24) is 0 Å². The third-order valence-electron chi connectivity index (χ3n) is 4.15. The van der Waals surface area contributed by atoms with E-state index in [0.717, 1.165) is 24.8 Å². The molecule has 0 spiro atoms. The van der Waals surface area contributed by atoms with E-state index in [1.165, 1.54) is 0 Å². The van der Waals surface area contributed by atoms with Crippen molar-refractivity contribution in [3.8, 4) is 0 Å². The highest BCUT2D eigenvalue weighted by molar-refractivity contribution is 5.76. The minimum atomic E-state index is -0.363. The molecule has 2 unspecified atom stereocenters. The zero-order valence-electron chi connectivity index (χ0n) is 14.6. The van der Waals surface area contributed by atoms with Gasteiger partial charge in [0.15, 0.2) is 0 Å². The molecule has 2 atom stereocenters. The third kappa shape index (κ3) is 5.91. The Morgan fingerprint density at radius 3 is 2.24 bits per heavy atom. The van der Waals surface area contributed by atoms with Crippen molar-refractivity contribution < 1.29 is 9.53 Å². The van der Waals surface area contributed by atoms with Gasteiger partial charge in [-0.15, -0.1) is 0 Å². The van der Waals surface area contributed by atoms with Crippen molar-refractivity contribution in [2.24, 2.45) is 11.3 Å². The van der Waals surface area contributed by atoms with E-state index in [-0.39, 0.29) is 11.4 Å². The molecule has 0 bridgehead atoms. The molecule has 1 rings (SSSR count). The first-order valence-electron chi connectivity index (χ1n) is 8.25. The average molecular weight is 292 g/mol. The van der Waals surface area contributed by atoms with Crippen LogP contribution in [0.15, 0.2) is 30.3 Å². The first-order valence-corrected chi connectivity index (χ1v) is 8.25. The maximum absolute atomic E-state index is 12.4. The summed E-state index contributed by atoms with van der Waals surface area (Å²) in [6.45, 7) is 12.8. The lowest BCUT2D eigenvalue weighted by Gasteiger charge is -2.32. The van der Waals surface area contributed by atoms with Crippen LogP contribution in [-0.2, 0) is 16.1 Å². The lowest BCUT2D eigenvalue weighted by Crippen LogP contribution is -2.35. The highest BCUT2D eigenvalue weighted by Crippen LogP contribution is 2.36. The Kier molecular flexibility index (Phi) is 9.77. The van der Waals surface area contributed by atoms with Gasteiger partial charge in [-0.05, 0) is 24.8 Å². The van der Waals surface area contributed by atoms with E-state index in [2.05, 4.69) is 20.8 Å². The number of esters is 1. The first-order chi connectivity index (χ1) is 10.0. The summed E-state index contributed by atoms with van der Waals surface area (Å²) in [6, 6.07) is 9.85. The normalized spacial score (nSPS) is 14.4. The monoisotopic (exact) mass is 292 g/mol. The molecule has 1 aromatic rings. The Hall–Kier alpha value is -1.31. The molecule has 0 aliphatic carbocycles. The predicted octanol–water partition coefficient (Wildman–Crippen LogP) is 5.61. The summed E-state index contributed by atoms with van der Waals surface area (Å²) in [5.74, 6) is 0.281. The molecule has 0 aliphatic heterocycles. The summed E-state index contributed by atoms with van der Waals surface area (Å²) >= 11 is 0. The second-order valence-corrected chi connectivity index (χ2v) is 5.54. The van der Waals surface area contributed by atoms with E-state index in [4.69, 9.17) is 4.74 Å². The number of carbonyl (C=O) groups is 1. The summed E-state index contributed by atoms with van der Waals surface area (Å²) in [4.78, 5) is 12.4. The Balaban J connectivity index is 0.00000191. The lowest BCUT2D eigenvalue weighted by atomic mass is 9.73. The van der Waals surface area contributed by atoms with Crippen LogP contribution in [-0.4, -0.2) is 5.97 Å². The van der Waals surface area contributed by atoms with E-state index in [1.54, 1.807) is 0 Å². The maximum Gasteiger partial charge on any atom is 0.312 e. The summed E-state index contributed by atoms with van der Waals surface area (Å²) in [7, 11) is 0. The molecule has 0 heterocycles. The molecule has 0 aromatic heterocycles. The Morgan fingerprint density at radius 1 is 1.19 bits per heavy atom. The fourth-order valence-corrected chi connectivity index (χ4v) is 2.41. The summed E-state index contributed by atoms with van der Waals surface area (Å²) in [5, 5.41) is 0. The van der Waals surface area contributed by atoms with E-state index in [9.17, 15) is 4.79 Å². The highest BCUT2D eigenvalue weighted by atomic mass is 16.5. The van der Waals surface area contributed by atoms with Gasteiger partial charge in [0.1, 0.15) is 6.61 Å². The van der Waals surface area contributed by atoms with Crippen LogP contribution in [0, 0.1) is 11.3 Å². The number of carbonyl (C=O) groups excluding carboxylic acids is 1. The van der Waals surface area contributed by atoms with Gasteiger partial charge in [-0.1, -0.05) is 77.8 Å². The fraction of sp³-hybridized carbons (Fsp3) is 0.632.